The predicted octanol–water partition coefficient (Wildman–Crippen LogP) is 2.87. The lowest BCUT2D eigenvalue weighted by Crippen LogP contribution is -2.53. The highest BCUT2D eigenvalue weighted by molar-refractivity contribution is 7.89. The maximum Gasteiger partial charge on any atom is 0.243 e. The minimum absolute atomic E-state index is 0.179. The Labute approximate surface area is 211 Å². The quantitative estimate of drug-likeness (QED) is 0.486. The molecule has 0 aromatic heterocycles. The number of fused-ring (bicyclic) bond motifs is 1. The van der Waals surface area contributed by atoms with E-state index in [1.54, 1.807) is 19.2 Å². The third kappa shape index (κ3) is 6.03. The van der Waals surface area contributed by atoms with Gasteiger partial charge in [0, 0.05) is 32.5 Å². The van der Waals surface area contributed by atoms with Gasteiger partial charge in [0.15, 0.2) is 0 Å². The van der Waals surface area contributed by atoms with E-state index in [1.165, 1.54) is 11.2 Å². The van der Waals surface area contributed by atoms with E-state index in [0.717, 1.165) is 16.3 Å². The van der Waals surface area contributed by atoms with Crippen molar-refractivity contribution >= 4 is 32.6 Å². The highest BCUT2D eigenvalue weighted by Crippen LogP contribution is 2.24. The van der Waals surface area contributed by atoms with E-state index in [9.17, 15) is 18.0 Å². The number of benzene rings is 3. The Morgan fingerprint density at radius 3 is 2.42 bits per heavy atom. The molecule has 1 fully saturated rings. The van der Waals surface area contributed by atoms with Gasteiger partial charge in [-0.2, -0.15) is 4.31 Å². The minimum Gasteiger partial charge on any atom is -0.497 e. The number of nitrogens with zero attached hydrogens (tertiary/aromatic N) is 1. The minimum atomic E-state index is -3.63. The molecule has 3 aromatic carbocycles. The molecule has 1 aliphatic heterocycles. The molecule has 8 nitrogen and oxygen atoms in total. The molecule has 0 aliphatic carbocycles. The fraction of sp³-hybridized carbons (Fsp3) is 0.333. The lowest BCUT2D eigenvalue weighted by atomic mass is 10.0. The Morgan fingerprint density at radius 2 is 1.72 bits per heavy atom. The lowest BCUT2D eigenvalue weighted by Gasteiger charge is -2.32. The van der Waals surface area contributed by atoms with Crippen molar-refractivity contribution in [3.8, 4) is 5.75 Å². The number of methoxy groups -OCH3 is 1. The van der Waals surface area contributed by atoms with Crippen molar-refractivity contribution in [3.63, 3.8) is 0 Å². The van der Waals surface area contributed by atoms with Crippen LogP contribution in [-0.4, -0.2) is 56.8 Å². The number of hydrogen-bond donors (Lipinski definition) is 2. The van der Waals surface area contributed by atoms with Gasteiger partial charge in [-0.15, -0.1) is 0 Å². The smallest absolute Gasteiger partial charge is 0.243 e. The summed E-state index contributed by atoms with van der Waals surface area (Å²) in [4.78, 5) is 25.1. The van der Waals surface area contributed by atoms with E-state index in [4.69, 9.17) is 4.74 Å². The topological polar surface area (TPSA) is 105 Å². The molecule has 36 heavy (non-hydrogen) atoms. The van der Waals surface area contributed by atoms with Crippen molar-refractivity contribution in [2.24, 2.45) is 0 Å². The Kier molecular flexibility index (Phi) is 7.91. The molecular formula is C27H31N3O5S. The Morgan fingerprint density at radius 1 is 1.00 bits per heavy atom. The molecule has 1 aliphatic rings. The van der Waals surface area contributed by atoms with Gasteiger partial charge in [0.2, 0.25) is 21.8 Å². The summed E-state index contributed by atoms with van der Waals surface area (Å²) < 4.78 is 33.2. The fourth-order valence-electron chi connectivity index (χ4n) is 4.51. The first-order valence-electron chi connectivity index (χ1n) is 12.0. The number of rotatable bonds is 8. The number of amides is 2. The number of carbonyl (C=O) groups excluding carboxylic acids is 2. The number of piperidine rings is 1. The third-order valence-corrected chi connectivity index (χ3v) is 8.32. The molecule has 0 radical (unpaired) electrons. The van der Waals surface area contributed by atoms with Crippen LogP contribution in [0.4, 0.5) is 0 Å². The average Bonchev–Trinajstić information content (AvgIpc) is 2.88. The summed E-state index contributed by atoms with van der Waals surface area (Å²) in [6.45, 7) is 1.99. The standard InChI is InChI=1S/C27H31N3O5S/c1-19(31)28-26(17-20-6-5-9-24(16-20)35-2)27(32)29-23-12-14-30(15-13-23)36(33,34)25-11-10-21-7-3-4-8-22(21)18-25/h3-11,16,18,23,26H,12-15,17H2,1-2H3,(H,28,31)(H,29,32)/t26-/m0/s1. The highest BCUT2D eigenvalue weighted by Gasteiger charge is 2.31. The maximum absolute atomic E-state index is 13.2. The number of carbonyl (C=O) groups is 2. The SMILES string of the molecule is COc1cccc(C[C@H](NC(C)=O)C(=O)NC2CCN(S(=O)(=O)c3ccc4ccccc4c3)CC2)c1. The predicted molar refractivity (Wildman–Crippen MR) is 138 cm³/mol. The van der Waals surface area contributed by atoms with Crippen molar-refractivity contribution in [2.45, 2.75) is 43.2 Å². The summed E-state index contributed by atoms with van der Waals surface area (Å²) in [6.07, 6.45) is 1.30. The summed E-state index contributed by atoms with van der Waals surface area (Å²) in [5.74, 6) is 0.0904. The summed E-state index contributed by atoms with van der Waals surface area (Å²) in [6, 6.07) is 19.2. The van der Waals surface area contributed by atoms with E-state index in [-0.39, 0.29) is 22.8 Å². The van der Waals surface area contributed by atoms with Crippen molar-refractivity contribution in [1.29, 1.82) is 0 Å². The zero-order chi connectivity index (χ0) is 25.7. The van der Waals surface area contributed by atoms with Gasteiger partial charge in [0.25, 0.3) is 0 Å². The van der Waals surface area contributed by atoms with Gasteiger partial charge >= 0.3 is 0 Å². The molecule has 0 saturated carbocycles. The molecule has 0 spiro atoms. The van der Waals surface area contributed by atoms with Crippen LogP contribution in [-0.2, 0) is 26.0 Å². The van der Waals surface area contributed by atoms with Gasteiger partial charge in [0.05, 0.1) is 12.0 Å². The number of nitrogens with one attached hydrogen (secondary N) is 2. The molecule has 1 heterocycles. The first-order chi connectivity index (χ1) is 17.3. The molecule has 3 aromatic rings. The Bertz CT molecular complexity index is 1350. The van der Waals surface area contributed by atoms with Crippen LogP contribution in [0.5, 0.6) is 5.75 Å². The van der Waals surface area contributed by atoms with Gasteiger partial charge in [-0.05, 0) is 53.4 Å². The van der Waals surface area contributed by atoms with Crippen LogP contribution >= 0.6 is 0 Å². The molecule has 1 atom stereocenters. The summed E-state index contributed by atoms with van der Waals surface area (Å²) in [5.41, 5.74) is 0.861. The van der Waals surface area contributed by atoms with Crippen molar-refractivity contribution in [1.82, 2.24) is 14.9 Å². The van der Waals surface area contributed by atoms with Crippen LogP contribution in [0.1, 0.15) is 25.3 Å². The van der Waals surface area contributed by atoms with E-state index >= 15 is 0 Å². The molecule has 9 heteroatoms. The third-order valence-electron chi connectivity index (χ3n) is 6.43. The summed E-state index contributed by atoms with van der Waals surface area (Å²) >= 11 is 0. The van der Waals surface area contributed by atoms with Crippen molar-refractivity contribution in [3.05, 3.63) is 72.3 Å². The molecule has 2 amide bonds. The van der Waals surface area contributed by atoms with Gasteiger partial charge in [-0.25, -0.2) is 8.42 Å². The molecule has 0 unspecified atom stereocenters. The van der Waals surface area contributed by atoms with Crippen LogP contribution in [0.25, 0.3) is 10.8 Å². The van der Waals surface area contributed by atoms with Gasteiger partial charge in [-0.1, -0.05) is 42.5 Å². The van der Waals surface area contributed by atoms with Gasteiger partial charge in [0.1, 0.15) is 11.8 Å². The first-order valence-corrected chi connectivity index (χ1v) is 13.4. The zero-order valence-corrected chi connectivity index (χ0v) is 21.3. The first kappa shape index (κ1) is 25.7. The Balaban J connectivity index is 1.38. The zero-order valence-electron chi connectivity index (χ0n) is 20.4. The van der Waals surface area contributed by atoms with E-state index in [0.29, 0.717) is 38.1 Å². The van der Waals surface area contributed by atoms with E-state index in [2.05, 4.69) is 10.6 Å². The molecule has 2 N–H and O–H groups in total. The molecule has 4 rings (SSSR count). The number of sulfonamides is 1. The normalized spacial score (nSPS) is 15.8. The van der Waals surface area contributed by atoms with Crippen LogP contribution in [0.2, 0.25) is 0 Å². The monoisotopic (exact) mass is 509 g/mol. The van der Waals surface area contributed by atoms with Crippen LogP contribution in [0, 0.1) is 0 Å². The maximum atomic E-state index is 13.2. The second-order valence-corrected chi connectivity index (χ2v) is 10.9. The van der Waals surface area contributed by atoms with Crippen molar-refractivity contribution < 1.29 is 22.7 Å². The second-order valence-electron chi connectivity index (χ2n) is 9.00. The molecular weight excluding hydrogens is 478 g/mol. The van der Waals surface area contributed by atoms with E-state index < -0.39 is 16.1 Å². The molecule has 190 valence electrons. The second kappa shape index (κ2) is 11.1. The van der Waals surface area contributed by atoms with Gasteiger partial charge in [-0.3, -0.25) is 9.59 Å². The average molecular weight is 510 g/mol. The van der Waals surface area contributed by atoms with Crippen molar-refractivity contribution in [2.75, 3.05) is 20.2 Å². The summed E-state index contributed by atoms with van der Waals surface area (Å²) in [5, 5.41) is 7.59. The largest absolute Gasteiger partial charge is 0.497 e. The van der Waals surface area contributed by atoms with Crippen LogP contribution < -0.4 is 15.4 Å². The molecule has 0 bridgehead atoms. The molecule has 1 saturated heterocycles. The lowest BCUT2D eigenvalue weighted by molar-refractivity contribution is -0.128. The van der Waals surface area contributed by atoms with Gasteiger partial charge < -0.3 is 15.4 Å². The summed E-state index contributed by atoms with van der Waals surface area (Å²) in [7, 11) is -2.06. The number of ether oxygens (including phenoxy) is 1. The Hall–Kier alpha value is -3.43. The fourth-order valence-corrected chi connectivity index (χ4v) is 6.01. The van der Waals surface area contributed by atoms with Crippen LogP contribution in [0.3, 0.4) is 0 Å². The number of hydrogen-bond acceptors (Lipinski definition) is 5. The highest BCUT2D eigenvalue weighted by atomic mass is 32.2. The van der Waals surface area contributed by atoms with E-state index in [1.807, 2.05) is 54.6 Å². The van der Waals surface area contributed by atoms with Crippen LogP contribution in [0.15, 0.2) is 71.6 Å².